The number of phenols is 1. The second-order valence-electron chi connectivity index (χ2n) is 8.41. The van der Waals surface area contributed by atoms with Gasteiger partial charge in [0.2, 0.25) is 17.1 Å². The largest absolute Gasteiger partial charge is 0.504 e. The second kappa shape index (κ2) is 10.5. The van der Waals surface area contributed by atoms with E-state index in [1.165, 1.54) is 19.2 Å². The van der Waals surface area contributed by atoms with Gasteiger partial charge in [0.15, 0.2) is 17.3 Å². The normalized spacial score (nSPS) is 11.9. The number of amides is 1. The van der Waals surface area contributed by atoms with E-state index in [2.05, 4.69) is 5.32 Å². The van der Waals surface area contributed by atoms with Crippen LogP contribution in [-0.4, -0.2) is 41.5 Å². The maximum Gasteiger partial charge on any atom is 0.227 e. The highest BCUT2D eigenvalue weighted by molar-refractivity contribution is 5.82. The van der Waals surface area contributed by atoms with Crippen molar-refractivity contribution in [2.75, 3.05) is 20.8 Å². The number of carbonyl (C=O) groups is 1. The average Bonchev–Trinajstić information content (AvgIpc) is 3.27. The van der Waals surface area contributed by atoms with Crippen LogP contribution >= 0.6 is 0 Å². The van der Waals surface area contributed by atoms with Crippen molar-refractivity contribution in [1.82, 2.24) is 9.88 Å². The molecule has 1 atom stereocenters. The monoisotopic (exact) mass is 492 g/mol. The lowest BCUT2D eigenvalue weighted by Gasteiger charge is -2.19. The SMILES string of the molecule is COc1ccc2c(ccn2CCNC(=O)C[C@@H](c2ccc(O)c(OC)c2)c2oc(C)cc(=O)c2O)c1. The van der Waals surface area contributed by atoms with Crippen molar-refractivity contribution >= 4 is 16.8 Å². The van der Waals surface area contributed by atoms with Crippen LogP contribution in [0.5, 0.6) is 23.0 Å². The molecule has 0 unspecified atom stereocenters. The summed E-state index contributed by atoms with van der Waals surface area (Å²) in [6.45, 7) is 2.50. The van der Waals surface area contributed by atoms with Gasteiger partial charge in [-0.25, -0.2) is 0 Å². The lowest BCUT2D eigenvalue weighted by atomic mass is 9.91. The molecule has 0 spiro atoms. The van der Waals surface area contributed by atoms with E-state index < -0.39 is 17.1 Å². The number of carbonyl (C=O) groups excluding carboxylic acids is 1. The molecule has 4 aromatic rings. The van der Waals surface area contributed by atoms with Crippen LogP contribution in [0.4, 0.5) is 0 Å². The number of nitrogens with one attached hydrogen (secondary N) is 1. The Kier molecular flexibility index (Phi) is 7.19. The molecule has 9 nitrogen and oxygen atoms in total. The number of benzene rings is 2. The summed E-state index contributed by atoms with van der Waals surface area (Å²) in [7, 11) is 3.03. The van der Waals surface area contributed by atoms with Crippen LogP contribution in [-0.2, 0) is 11.3 Å². The molecular formula is C27H28N2O7. The molecule has 2 heterocycles. The number of hydrogen-bond donors (Lipinski definition) is 3. The molecule has 0 bridgehead atoms. The number of aryl methyl sites for hydroxylation is 1. The van der Waals surface area contributed by atoms with Crippen LogP contribution in [0.25, 0.3) is 10.9 Å². The molecule has 36 heavy (non-hydrogen) atoms. The Balaban J connectivity index is 1.53. The van der Waals surface area contributed by atoms with Crippen LogP contribution < -0.4 is 20.2 Å². The quantitative estimate of drug-likeness (QED) is 0.326. The molecule has 2 aromatic heterocycles. The van der Waals surface area contributed by atoms with E-state index in [1.807, 2.05) is 35.0 Å². The molecule has 2 aromatic carbocycles. The van der Waals surface area contributed by atoms with E-state index in [0.29, 0.717) is 24.4 Å². The predicted octanol–water partition coefficient (Wildman–Crippen LogP) is 3.67. The van der Waals surface area contributed by atoms with E-state index in [1.54, 1.807) is 26.2 Å². The van der Waals surface area contributed by atoms with Crippen molar-refractivity contribution in [1.29, 1.82) is 0 Å². The number of ether oxygens (including phenoxy) is 2. The number of phenolic OH excluding ortho intramolecular Hbond substituents is 1. The van der Waals surface area contributed by atoms with E-state index in [4.69, 9.17) is 13.9 Å². The minimum Gasteiger partial charge on any atom is -0.504 e. The third kappa shape index (κ3) is 5.14. The molecule has 3 N–H and O–H groups in total. The molecule has 0 saturated heterocycles. The van der Waals surface area contributed by atoms with Gasteiger partial charge in [0.1, 0.15) is 11.5 Å². The van der Waals surface area contributed by atoms with Gasteiger partial charge < -0.3 is 34.0 Å². The van der Waals surface area contributed by atoms with Crippen molar-refractivity contribution in [3.8, 4) is 23.0 Å². The maximum atomic E-state index is 13.0. The minimum absolute atomic E-state index is 0.0201. The average molecular weight is 493 g/mol. The van der Waals surface area contributed by atoms with E-state index in [0.717, 1.165) is 16.7 Å². The fraction of sp³-hybridized carbons (Fsp3) is 0.259. The summed E-state index contributed by atoms with van der Waals surface area (Å²) in [4.78, 5) is 25.2. The fourth-order valence-electron chi connectivity index (χ4n) is 4.21. The highest BCUT2D eigenvalue weighted by Gasteiger charge is 2.26. The zero-order valence-electron chi connectivity index (χ0n) is 20.3. The first kappa shape index (κ1) is 24.7. The molecule has 4 rings (SSSR count). The molecule has 0 aliphatic rings. The molecule has 0 radical (unpaired) electrons. The summed E-state index contributed by atoms with van der Waals surface area (Å²) in [5.74, 6) is -0.454. The van der Waals surface area contributed by atoms with Gasteiger partial charge in [0.25, 0.3) is 0 Å². The van der Waals surface area contributed by atoms with Crippen molar-refractivity contribution in [2.45, 2.75) is 25.8 Å². The van der Waals surface area contributed by atoms with Crippen LogP contribution in [0.15, 0.2) is 63.9 Å². The summed E-state index contributed by atoms with van der Waals surface area (Å²) in [6, 6.07) is 13.5. The Morgan fingerprint density at radius 3 is 2.64 bits per heavy atom. The lowest BCUT2D eigenvalue weighted by molar-refractivity contribution is -0.121. The standard InChI is InChI=1S/C27H28N2O7/c1-16-12-23(31)26(33)27(36-16)20(17-4-7-22(30)24(14-17)35-3)15-25(32)28-9-11-29-10-8-18-13-19(34-2)5-6-21(18)29/h4-8,10,12-14,20,30,33H,9,11,15H2,1-3H3,(H,28,32)/t20-/m0/s1. The molecule has 1 amide bonds. The number of aromatic hydroxyl groups is 2. The Morgan fingerprint density at radius 1 is 1.08 bits per heavy atom. The van der Waals surface area contributed by atoms with Gasteiger partial charge in [0, 0.05) is 42.7 Å². The Hall–Kier alpha value is -4.40. The number of methoxy groups -OCH3 is 2. The van der Waals surface area contributed by atoms with Gasteiger partial charge in [-0.15, -0.1) is 0 Å². The summed E-state index contributed by atoms with van der Waals surface area (Å²) in [5, 5.41) is 24.4. The molecular weight excluding hydrogens is 464 g/mol. The summed E-state index contributed by atoms with van der Waals surface area (Å²) in [5.41, 5.74) is 0.959. The predicted molar refractivity (Wildman–Crippen MR) is 134 cm³/mol. The molecule has 188 valence electrons. The smallest absolute Gasteiger partial charge is 0.227 e. The molecule has 0 saturated carbocycles. The molecule has 9 heteroatoms. The highest BCUT2D eigenvalue weighted by Crippen LogP contribution is 2.37. The van der Waals surface area contributed by atoms with Gasteiger partial charge >= 0.3 is 0 Å². The van der Waals surface area contributed by atoms with Gasteiger partial charge in [-0.1, -0.05) is 6.07 Å². The zero-order valence-corrected chi connectivity index (χ0v) is 20.3. The van der Waals surface area contributed by atoms with Gasteiger partial charge in [-0.05, 0) is 48.9 Å². The first-order valence-corrected chi connectivity index (χ1v) is 11.4. The Labute approximate surface area is 207 Å². The van der Waals surface area contributed by atoms with Gasteiger partial charge in [-0.3, -0.25) is 9.59 Å². The second-order valence-corrected chi connectivity index (χ2v) is 8.41. The third-order valence-corrected chi connectivity index (χ3v) is 6.04. The first-order valence-electron chi connectivity index (χ1n) is 11.4. The van der Waals surface area contributed by atoms with E-state index >= 15 is 0 Å². The van der Waals surface area contributed by atoms with Crippen molar-refractivity contribution in [3.63, 3.8) is 0 Å². The minimum atomic E-state index is -0.785. The summed E-state index contributed by atoms with van der Waals surface area (Å²) >= 11 is 0. The Bertz CT molecular complexity index is 1450. The number of aromatic nitrogens is 1. The molecule has 0 aliphatic carbocycles. The number of nitrogens with zero attached hydrogens (tertiary/aromatic N) is 1. The number of fused-ring (bicyclic) bond motifs is 1. The zero-order chi connectivity index (χ0) is 25.8. The number of hydrogen-bond acceptors (Lipinski definition) is 7. The van der Waals surface area contributed by atoms with Crippen molar-refractivity contribution < 1.29 is 28.9 Å². The van der Waals surface area contributed by atoms with E-state index in [9.17, 15) is 19.8 Å². The van der Waals surface area contributed by atoms with Crippen LogP contribution in [0.2, 0.25) is 0 Å². The van der Waals surface area contributed by atoms with Gasteiger partial charge in [-0.2, -0.15) is 0 Å². The third-order valence-electron chi connectivity index (χ3n) is 6.04. The number of rotatable bonds is 9. The van der Waals surface area contributed by atoms with Crippen LogP contribution in [0, 0.1) is 6.92 Å². The Morgan fingerprint density at radius 2 is 1.89 bits per heavy atom. The lowest BCUT2D eigenvalue weighted by Crippen LogP contribution is -2.28. The van der Waals surface area contributed by atoms with Crippen molar-refractivity contribution in [3.05, 3.63) is 82.0 Å². The van der Waals surface area contributed by atoms with Crippen molar-refractivity contribution in [2.24, 2.45) is 0 Å². The molecule has 0 fully saturated rings. The van der Waals surface area contributed by atoms with Crippen LogP contribution in [0.3, 0.4) is 0 Å². The van der Waals surface area contributed by atoms with E-state index in [-0.39, 0.29) is 29.6 Å². The van der Waals surface area contributed by atoms with Crippen LogP contribution in [0.1, 0.15) is 29.4 Å². The summed E-state index contributed by atoms with van der Waals surface area (Å²) < 4.78 is 18.2. The highest BCUT2D eigenvalue weighted by atomic mass is 16.5. The molecule has 0 aliphatic heterocycles. The fourth-order valence-corrected chi connectivity index (χ4v) is 4.21. The van der Waals surface area contributed by atoms with Gasteiger partial charge in [0.05, 0.1) is 20.1 Å². The summed E-state index contributed by atoms with van der Waals surface area (Å²) in [6.07, 6.45) is 1.85. The topological polar surface area (TPSA) is 123 Å². The first-order chi connectivity index (χ1) is 17.3. The maximum absolute atomic E-state index is 13.0.